The fourth-order valence-electron chi connectivity index (χ4n) is 3.56. The molecule has 1 saturated heterocycles. The minimum Gasteiger partial charge on any atom is -0.460 e. The zero-order chi connectivity index (χ0) is 11.9. The number of esters is 1. The summed E-state index contributed by atoms with van der Waals surface area (Å²) in [4.78, 5) is 12.2. The molecule has 3 heteroatoms. The summed E-state index contributed by atoms with van der Waals surface area (Å²) in [6, 6.07) is 0. The third-order valence-corrected chi connectivity index (χ3v) is 4.85. The van der Waals surface area contributed by atoms with E-state index in [0.717, 1.165) is 25.7 Å². The van der Waals surface area contributed by atoms with Gasteiger partial charge >= 0.3 is 5.97 Å². The molecule has 0 aromatic rings. The number of ether oxygens (including phenoxy) is 2. The minimum atomic E-state index is -0.629. The number of carbonyl (C=O) groups is 1. The van der Waals surface area contributed by atoms with Gasteiger partial charge in [-0.25, -0.2) is 4.79 Å². The zero-order valence-corrected chi connectivity index (χ0v) is 10.7. The van der Waals surface area contributed by atoms with Crippen molar-refractivity contribution in [3.63, 3.8) is 0 Å². The van der Waals surface area contributed by atoms with Crippen molar-refractivity contribution in [2.24, 2.45) is 0 Å². The highest BCUT2D eigenvalue weighted by molar-refractivity contribution is 5.84. The molecule has 1 spiro atoms. The van der Waals surface area contributed by atoms with Gasteiger partial charge in [-0.2, -0.15) is 0 Å². The molecule has 0 aromatic heterocycles. The lowest BCUT2D eigenvalue weighted by molar-refractivity contribution is -0.154. The van der Waals surface area contributed by atoms with Crippen LogP contribution in [0.25, 0.3) is 0 Å². The van der Waals surface area contributed by atoms with Gasteiger partial charge in [0.15, 0.2) is 5.60 Å². The first-order chi connectivity index (χ1) is 8.16. The molecule has 3 aliphatic rings. The van der Waals surface area contributed by atoms with Crippen LogP contribution < -0.4 is 0 Å². The maximum absolute atomic E-state index is 12.2. The Bertz CT molecular complexity index is 313. The average molecular weight is 238 g/mol. The van der Waals surface area contributed by atoms with Gasteiger partial charge in [0.25, 0.3) is 0 Å². The SMILES string of the molecule is CC1(C(=O)OC2CCCC2)OC12CCCCC2. The molecule has 1 unspecified atom stereocenters. The Balaban J connectivity index is 1.62. The van der Waals surface area contributed by atoms with Crippen molar-refractivity contribution in [3.05, 3.63) is 0 Å². The van der Waals surface area contributed by atoms with Crippen LogP contribution in [-0.2, 0) is 14.3 Å². The fourth-order valence-corrected chi connectivity index (χ4v) is 3.56. The lowest BCUT2D eigenvalue weighted by Crippen LogP contribution is -2.36. The monoisotopic (exact) mass is 238 g/mol. The molecule has 2 saturated carbocycles. The van der Waals surface area contributed by atoms with Crippen LogP contribution >= 0.6 is 0 Å². The van der Waals surface area contributed by atoms with Gasteiger partial charge in [-0.1, -0.05) is 19.3 Å². The molecule has 3 fully saturated rings. The first kappa shape index (κ1) is 11.5. The van der Waals surface area contributed by atoms with E-state index in [1.54, 1.807) is 0 Å². The summed E-state index contributed by atoms with van der Waals surface area (Å²) in [6.45, 7) is 1.93. The highest BCUT2D eigenvalue weighted by Gasteiger charge is 2.72. The molecule has 96 valence electrons. The number of hydrogen-bond donors (Lipinski definition) is 0. The smallest absolute Gasteiger partial charge is 0.341 e. The van der Waals surface area contributed by atoms with E-state index in [2.05, 4.69) is 0 Å². The lowest BCUT2D eigenvalue weighted by atomic mass is 9.81. The highest BCUT2D eigenvalue weighted by atomic mass is 16.7. The molecular weight excluding hydrogens is 216 g/mol. The van der Waals surface area contributed by atoms with E-state index in [-0.39, 0.29) is 17.7 Å². The van der Waals surface area contributed by atoms with Gasteiger partial charge in [0.1, 0.15) is 11.7 Å². The topological polar surface area (TPSA) is 38.8 Å². The second-order valence-corrected chi connectivity index (χ2v) is 6.00. The van der Waals surface area contributed by atoms with E-state index < -0.39 is 5.60 Å². The van der Waals surface area contributed by atoms with Crippen LogP contribution in [0.3, 0.4) is 0 Å². The van der Waals surface area contributed by atoms with Crippen LogP contribution in [0, 0.1) is 0 Å². The van der Waals surface area contributed by atoms with Crippen molar-refractivity contribution in [1.82, 2.24) is 0 Å². The maximum atomic E-state index is 12.2. The first-order valence-electron chi connectivity index (χ1n) is 7.08. The van der Waals surface area contributed by atoms with Gasteiger partial charge in [0.2, 0.25) is 0 Å². The largest absolute Gasteiger partial charge is 0.460 e. The normalized spacial score (nSPS) is 36.1. The van der Waals surface area contributed by atoms with E-state index in [1.165, 1.54) is 32.1 Å². The van der Waals surface area contributed by atoms with Gasteiger partial charge in [-0.05, 0) is 45.4 Å². The average Bonchev–Trinajstić information content (AvgIpc) is 2.72. The Morgan fingerprint density at radius 2 is 1.76 bits per heavy atom. The van der Waals surface area contributed by atoms with Crippen LogP contribution in [0.2, 0.25) is 0 Å². The van der Waals surface area contributed by atoms with E-state index in [9.17, 15) is 4.79 Å². The molecular formula is C14H22O3. The number of hydrogen-bond acceptors (Lipinski definition) is 3. The molecule has 1 heterocycles. The summed E-state index contributed by atoms with van der Waals surface area (Å²) in [5.74, 6) is -0.105. The molecule has 0 amide bonds. The summed E-state index contributed by atoms with van der Waals surface area (Å²) in [5, 5.41) is 0. The Morgan fingerprint density at radius 3 is 2.41 bits per heavy atom. The lowest BCUT2D eigenvalue weighted by Gasteiger charge is -2.21. The molecule has 2 aliphatic carbocycles. The van der Waals surface area contributed by atoms with E-state index in [1.807, 2.05) is 6.92 Å². The molecule has 3 nitrogen and oxygen atoms in total. The number of carbonyl (C=O) groups excluding carboxylic acids is 1. The van der Waals surface area contributed by atoms with Gasteiger partial charge in [-0.15, -0.1) is 0 Å². The van der Waals surface area contributed by atoms with E-state index in [4.69, 9.17) is 9.47 Å². The zero-order valence-electron chi connectivity index (χ0n) is 10.7. The predicted octanol–water partition coefficient (Wildman–Crippen LogP) is 2.96. The summed E-state index contributed by atoms with van der Waals surface area (Å²) < 4.78 is 11.4. The van der Waals surface area contributed by atoms with Crippen molar-refractivity contribution < 1.29 is 14.3 Å². The Hall–Kier alpha value is -0.570. The summed E-state index contributed by atoms with van der Waals surface area (Å²) in [5.41, 5.74) is -0.795. The molecule has 0 radical (unpaired) electrons. The van der Waals surface area contributed by atoms with Crippen molar-refractivity contribution >= 4 is 5.97 Å². The third kappa shape index (κ3) is 1.79. The Labute approximate surface area is 103 Å². The summed E-state index contributed by atoms with van der Waals surface area (Å²) in [6.07, 6.45) is 10.3. The van der Waals surface area contributed by atoms with Crippen LogP contribution in [0.15, 0.2) is 0 Å². The molecule has 0 bridgehead atoms. The van der Waals surface area contributed by atoms with Gasteiger partial charge in [0.05, 0.1) is 0 Å². The Morgan fingerprint density at radius 1 is 1.12 bits per heavy atom. The van der Waals surface area contributed by atoms with Crippen molar-refractivity contribution in [1.29, 1.82) is 0 Å². The van der Waals surface area contributed by atoms with Crippen molar-refractivity contribution in [2.75, 3.05) is 0 Å². The van der Waals surface area contributed by atoms with Gasteiger partial charge in [-0.3, -0.25) is 0 Å². The van der Waals surface area contributed by atoms with E-state index >= 15 is 0 Å². The summed E-state index contributed by atoms with van der Waals surface area (Å²) in [7, 11) is 0. The second kappa shape index (κ2) is 3.98. The Kier molecular flexibility index (Phi) is 2.69. The third-order valence-electron chi connectivity index (χ3n) is 4.85. The molecule has 0 aromatic carbocycles. The van der Waals surface area contributed by atoms with Gasteiger partial charge in [0, 0.05) is 0 Å². The van der Waals surface area contributed by atoms with E-state index in [0.29, 0.717) is 0 Å². The van der Waals surface area contributed by atoms with Gasteiger partial charge < -0.3 is 9.47 Å². The molecule has 17 heavy (non-hydrogen) atoms. The highest BCUT2D eigenvalue weighted by Crippen LogP contribution is 2.57. The molecule has 1 atom stereocenters. The predicted molar refractivity (Wildman–Crippen MR) is 63.7 cm³/mol. The quantitative estimate of drug-likeness (QED) is 0.548. The fraction of sp³-hybridized carbons (Fsp3) is 0.929. The first-order valence-corrected chi connectivity index (χ1v) is 7.08. The standard InChI is InChI=1S/C14H22O3/c1-13(12(15)16-11-7-3-4-8-11)14(17-13)9-5-2-6-10-14/h11H,2-10H2,1H3. The van der Waals surface area contributed by atoms with Crippen LogP contribution in [0.1, 0.15) is 64.7 Å². The van der Waals surface area contributed by atoms with Crippen molar-refractivity contribution in [3.8, 4) is 0 Å². The van der Waals surface area contributed by atoms with Crippen molar-refractivity contribution in [2.45, 2.75) is 82.0 Å². The van der Waals surface area contributed by atoms with Crippen LogP contribution in [0.5, 0.6) is 0 Å². The summed E-state index contributed by atoms with van der Waals surface area (Å²) >= 11 is 0. The second-order valence-electron chi connectivity index (χ2n) is 6.00. The maximum Gasteiger partial charge on any atom is 0.341 e. The molecule has 0 N–H and O–H groups in total. The van der Waals surface area contributed by atoms with Crippen LogP contribution in [0.4, 0.5) is 0 Å². The minimum absolute atomic E-state index is 0.105. The number of rotatable bonds is 2. The molecule has 3 rings (SSSR count). The van der Waals surface area contributed by atoms with Crippen LogP contribution in [-0.4, -0.2) is 23.3 Å². The number of epoxide rings is 1. The molecule has 1 aliphatic heterocycles.